The lowest BCUT2D eigenvalue weighted by Crippen LogP contribution is -2.46. The molecule has 0 saturated carbocycles. The van der Waals surface area contributed by atoms with Crippen LogP contribution in [0.4, 0.5) is 0 Å². The molecule has 4 heteroatoms. The number of nitrogens with one attached hydrogen (secondary N) is 1. The molecule has 1 aliphatic heterocycles. The van der Waals surface area contributed by atoms with Crippen molar-refractivity contribution in [3.8, 4) is 0 Å². The SMILES string of the molecule is CCN1CCOC(CNC2CCc3cc(Cl)ccc32)C1. The molecule has 1 heterocycles. The number of ether oxygens (including phenoxy) is 1. The van der Waals surface area contributed by atoms with E-state index in [1.54, 1.807) is 0 Å². The van der Waals surface area contributed by atoms with Gasteiger partial charge in [-0.3, -0.25) is 4.90 Å². The molecule has 20 heavy (non-hydrogen) atoms. The highest BCUT2D eigenvalue weighted by atomic mass is 35.5. The summed E-state index contributed by atoms with van der Waals surface area (Å²) in [6, 6.07) is 6.73. The molecule has 1 fully saturated rings. The standard InChI is InChI=1S/C16H23ClN2O/c1-2-19-7-8-20-14(11-19)10-18-16-6-3-12-9-13(17)4-5-15(12)16/h4-5,9,14,16,18H,2-3,6-8,10-11H2,1H3. The number of rotatable bonds is 4. The number of nitrogens with zero attached hydrogens (tertiary/aromatic N) is 1. The van der Waals surface area contributed by atoms with Crippen LogP contribution in [-0.2, 0) is 11.2 Å². The Kier molecular flexibility index (Phi) is 4.61. The zero-order valence-electron chi connectivity index (χ0n) is 12.1. The quantitative estimate of drug-likeness (QED) is 0.924. The molecule has 0 aromatic heterocycles. The summed E-state index contributed by atoms with van der Waals surface area (Å²) in [6.07, 6.45) is 2.61. The highest BCUT2D eigenvalue weighted by Crippen LogP contribution is 2.32. The summed E-state index contributed by atoms with van der Waals surface area (Å²) in [4.78, 5) is 2.46. The Hall–Kier alpha value is -0.610. The van der Waals surface area contributed by atoms with Crippen LogP contribution in [-0.4, -0.2) is 43.8 Å². The van der Waals surface area contributed by atoms with Crippen LogP contribution >= 0.6 is 11.6 Å². The minimum atomic E-state index is 0.319. The van der Waals surface area contributed by atoms with E-state index in [1.165, 1.54) is 17.5 Å². The van der Waals surface area contributed by atoms with E-state index in [0.717, 1.165) is 44.2 Å². The summed E-state index contributed by atoms with van der Waals surface area (Å²) >= 11 is 6.06. The molecule has 3 nitrogen and oxygen atoms in total. The molecule has 0 spiro atoms. The molecule has 110 valence electrons. The maximum Gasteiger partial charge on any atom is 0.0826 e. The minimum Gasteiger partial charge on any atom is -0.374 e. The average Bonchev–Trinajstić information content (AvgIpc) is 2.87. The third kappa shape index (κ3) is 3.17. The number of fused-ring (bicyclic) bond motifs is 1. The second kappa shape index (κ2) is 6.44. The van der Waals surface area contributed by atoms with Crippen LogP contribution in [0.15, 0.2) is 18.2 Å². The van der Waals surface area contributed by atoms with E-state index >= 15 is 0 Å². The van der Waals surface area contributed by atoms with Crippen LogP contribution in [0.25, 0.3) is 0 Å². The van der Waals surface area contributed by atoms with Gasteiger partial charge >= 0.3 is 0 Å². The predicted molar refractivity (Wildman–Crippen MR) is 82.4 cm³/mol. The first-order chi connectivity index (χ1) is 9.76. The first kappa shape index (κ1) is 14.3. The Labute approximate surface area is 126 Å². The molecular formula is C16H23ClN2O. The van der Waals surface area contributed by atoms with Crippen molar-refractivity contribution in [3.05, 3.63) is 34.3 Å². The summed E-state index contributed by atoms with van der Waals surface area (Å²) in [5.41, 5.74) is 2.81. The Morgan fingerprint density at radius 2 is 2.35 bits per heavy atom. The summed E-state index contributed by atoms with van der Waals surface area (Å²) < 4.78 is 5.85. The maximum absolute atomic E-state index is 6.06. The highest BCUT2D eigenvalue weighted by Gasteiger charge is 2.25. The number of halogens is 1. The number of hydrogen-bond donors (Lipinski definition) is 1. The van der Waals surface area contributed by atoms with Gasteiger partial charge in [-0.25, -0.2) is 0 Å². The van der Waals surface area contributed by atoms with Crippen molar-refractivity contribution in [3.63, 3.8) is 0 Å². The second-order valence-electron chi connectivity index (χ2n) is 5.73. The molecule has 0 amide bonds. The van der Waals surface area contributed by atoms with Gasteiger partial charge in [0.2, 0.25) is 0 Å². The number of morpholine rings is 1. The lowest BCUT2D eigenvalue weighted by Gasteiger charge is -2.32. The number of hydrogen-bond acceptors (Lipinski definition) is 3. The van der Waals surface area contributed by atoms with Crippen LogP contribution < -0.4 is 5.32 Å². The summed E-state index contributed by atoms with van der Waals surface area (Å²) in [7, 11) is 0. The zero-order valence-corrected chi connectivity index (χ0v) is 12.8. The van der Waals surface area contributed by atoms with Gasteiger partial charge in [-0.2, -0.15) is 0 Å². The van der Waals surface area contributed by atoms with Crippen molar-refractivity contribution in [1.29, 1.82) is 0 Å². The van der Waals surface area contributed by atoms with Crippen LogP contribution in [0.5, 0.6) is 0 Å². The van der Waals surface area contributed by atoms with Crippen molar-refractivity contribution in [2.24, 2.45) is 0 Å². The molecule has 0 bridgehead atoms. The van der Waals surface area contributed by atoms with E-state index < -0.39 is 0 Å². The zero-order chi connectivity index (χ0) is 13.9. The minimum absolute atomic E-state index is 0.319. The fourth-order valence-corrected chi connectivity index (χ4v) is 3.46. The summed E-state index contributed by atoms with van der Waals surface area (Å²) in [6.45, 7) is 7.24. The first-order valence-electron chi connectivity index (χ1n) is 7.62. The molecular weight excluding hydrogens is 272 g/mol. The van der Waals surface area contributed by atoms with Gasteiger partial charge in [-0.15, -0.1) is 0 Å². The van der Waals surface area contributed by atoms with Gasteiger partial charge in [0.1, 0.15) is 0 Å². The molecule has 3 rings (SSSR count). The predicted octanol–water partition coefficient (Wildman–Crippen LogP) is 2.64. The number of likely N-dealkylation sites (N-methyl/N-ethyl adjacent to an activating group) is 1. The van der Waals surface area contributed by atoms with E-state index in [4.69, 9.17) is 16.3 Å². The molecule has 2 unspecified atom stereocenters. The largest absolute Gasteiger partial charge is 0.374 e. The first-order valence-corrected chi connectivity index (χ1v) is 7.99. The normalized spacial score (nSPS) is 26.7. The van der Waals surface area contributed by atoms with Crippen LogP contribution in [0.2, 0.25) is 5.02 Å². The number of benzene rings is 1. The van der Waals surface area contributed by atoms with E-state index in [0.29, 0.717) is 12.1 Å². The fraction of sp³-hybridized carbons (Fsp3) is 0.625. The molecule has 1 aliphatic carbocycles. The van der Waals surface area contributed by atoms with Gasteiger partial charge in [0.05, 0.1) is 12.7 Å². The maximum atomic E-state index is 6.06. The van der Waals surface area contributed by atoms with Gasteiger partial charge in [0, 0.05) is 30.7 Å². The summed E-state index contributed by atoms with van der Waals surface area (Å²) in [5.74, 6) is 0. The van der Waals surface area contributed by atoms with Gasteiger partial charge in [0.25, 0.3) is 0 Å². The highest BCUT2D eigenvalue weighted by molar-refractivity contribution is 6.30. The molecule has 1 aromatic rings. The molecule has 2 atom stereocenters. The third-order valence-electron chi connectivity index (χ3n) is 4.44. The van der Waals surface area contributed by atoms with Gasteiger partial charge < -0.3 is 10.1 Å². The lowest BCUT2D eigenvalue weighted by molar-refractivity contribution is -0.0263. The molecule has 1 aromatic carbocycles. The van der Waals surface area contributed by atoms with Gasteiger partial charge in [-0.1, -0.05) is 24.6 Å². The second-order valence-corrected chi connectivity index (χ2v) is 6.17. The third-order valence-corrected chi connectivity index (χ3v) is 4.68. The smallest absolute Gasteiger partial charge is 0.0826 e. The fourth-order valence-electron chi connectivity index (χ4n) is 3.26. The summed E-state index contributed by atoms with van der Waals surface area (Å²) in [5, 5.41) is 4.52. The van der Waals surface area contributed by atoms with Gasteiger partial charge in [-0.05, 0) is 42.6 Å². The Balaban J connectivity index is 1.55. The van der Waals surface area contributed by atoms with Crippen molar-refractivity contribution in [2.75, 3.05) is 32.8 Å². The molecule has 2 aliphatic rings. The molecule has 1 saturated heterocycles. The monoisotopic (exact) mass is 294 g/mol. The van der Waals surface area contributed by atoms with Crippen molar-refractivity contribution in [1.82, 2.24) is 10.2 Å². The molecule has 1 N–H and O–H groups in total. The van der Waals surface area contributed by atoms with Crippen LogP contribution in [0.3, 0.4) is 0 Å². The van der Waals surface area contributed by atoms with Gasteiger partial charge in [0.15, 0.2) is 0 Å². The average molecular weight is 295 g/mol. The topological polar surface area (TPSA) is 24.5 Å². The van der Waals surface area contributed by atoms with Crippen molar-refractivity contribution >= 4 is 11.6 Å². The van der Waals surface area contributed by atoms with E-state index in [1.807, 2.05) is 6.07 Å². The Morgan fingerprint density at radius 3 is 3.20 bits per heavy atom. The van der Waals surface area contributed by atoms with Crippen molar-refractivity contribution in [2.45, 2.75) is 31.9 Å². The Bertz CT molecular complexity index is 466. The lowest BCUT2D eigenvalue weighted by atomic mass is 10.1. The van der Waals surface area contributed by atoms with E-state index in [2.05, 4.69) is 29.3 Å². The molecule has 0 radical (unpaired) electrons. The van der Waals surface area contributed by atoms with Crippen LogP contribution in [0.1, 0.15) is 30.5 Å². The van der Waals surface area contributed by atoms with Crippen LogP contribution in [0, 0.1) is 0 Å². The van der Waals surface area contributed by atoms with Crippen molar-refractivity contribution < 1.29 is 4.74 Å². The van der Waals surface area contributed by atoms with E-state index in [-0.39, 0.29) is 0 Å². The van der Waals surface area contributed by atoms with E-state index in [9.17, 15) is 0 Å². The Morgan fingerprint density at radius 1 is 1.45 bits per heavy atom. The number of aryl methyl sites for hydroxylation is 1.